The topological polar surface area (TPSA) is 91.0 Å². The van der Waals surface area contributed by atoms with E-state index in [1.807, 2.05) is 0 Å². The number of nitriles is 1. The van der Waals surface area contributed by atoms with Gasteiger partial charge in [0, 0.05) is 19.2 Å². The molecule has 1 atom stereocenters. The van der Waals surface area contributed by atoms with E-state index in [1.54, 1.807) is 29.8 Å². The number of carbonyl (C=O) groups excluding carboxylic acids is 2. The van der Waals surface area contributed by atoms with Gasteiger partial charge in [0.25, 0.3) is 11.8 Å². The Morgan fingerprint density at radius 1 is 1.33 bits per heavy atom. The molecular weight excluding hydrogens is 399 g/mol. The van der Waals surface area contributed by atoms with Crippen LogP contribution in [0.5, 0.6) is 0 Å². The van der Waals surface area contributed by atoms with Crippen LogP contribution in [0.3, 0.4) is 0 Å². The lowest BCUT2D eigenvalue weighted by molar-refractivity contribution is -0.131. The molecule has 158 valence electrons. The van der Waals surface area contributed by atoms with E-state index >= 15 is 0 Å². The van der Waals surface area contributed by atoms with Crippen molar-refractivity contribution in [3.05, 3.63) is 53.1 Å². The predicted molar refractivity (Wildman–Crippen MR) is 100 cm³/mol. The fourth-order valence-electron chi connectivity index (χ4n) is 3.30. The van der Waals surface area contributed by atoms with E-state index in [-0.39, 0.29) is 11.4 Å². The molecule has 1 N–H and O–H groups in total. The zero-order valence-electron chi connectivity index (χ0n) is 16.2. The molecule has 10 heteroatoms. The lowest BCUT2D eigenvalue weighted by Crippen LogP contribution is -2.43. The molecule has 2 heterocycles. The molecule has 0 bridgehead atoms. The second kappa shape index (κ2) is 8.57. The monoisotopic (exact) mass is 419 g/mol. The number of amides is 2. The SMILES string of the molecule is Cc1nn(CCc2ccc(F)cc2)cc1C(=O)NCC(=O)N1CC(F)(F)C[C@H]1C#N. The third kappa shape index (κ3) is 4.97. The van der Waals surface area contributed by atoms with E-state index in [4.69, 9.17) is 5.26 Å². The molecule has 2 aromatic rings. The van der Waals surface area contributed by atoms with Gasteiger partial charge in [0.2, 0.25) is 5.91 Å². The maximum absolute atomic E-state index is 13.5. The summed E-state index contributed by atoms with van der Waals surface area (Å²) in [7, 11) is 0. The molecule has 0 saturated carbocycles. The fraction of sp³-hybridized carbons (Fsp3) is 0.400. The molecule has 1 aromatic heterocycles. The molecule has 1 aliphatic heterocycles. The number of halogens is 3. The molecule has 0 radical (unpaired) electrons. The third-order valence-electron chi connectivity index (χ3n) is 4.87. The van der Waals surface area contributed by atoms with Gasteiger partial charge in [-0.15, -0.1) is 0 Å². The molecule has 3 rings (SSSR count). The highest BCUT2D eigenvalue weighted by molar-refractivity contribution is 5.97. The van der Waals surface area contributed by atoms with E-state index in [2.05, 4.69) is 10.4 Å². The summed E-state index contributed by atoms with van der Waals surface area (Å²) in [6.07, 6.45) is 1.41. The molecule has 0 spiro atoms. The van der Waals surface area contributed by atoms with Gasteiger partial charge < -0.3 is 10.2 Å². The highest BCUT2D eigenvalue weighted by Gasteiger charge is 2.47. The number of nitrogens with one attached hydrogen (secondary N) is 1. The van der Waals surface area contributed by atoms with Crippen LogP contribution in [0.25, 0.3) is 0 Å². The molecule has 7 nitrogen and oxygen atoms in total. The minimum absolute atomic E-state index is 0.255. The first kappa shape index (κ1) is 21.4. The zero-order valence-corrected chi connectivity index (χ0v) is 16.2. The number of hydrogen-bond acceptors (Lipinski definition) is 4. The van der Waals surface area contributed by atoms with Gasteiger partial charge in [0.15, 0.2) is 0 Å². The van der Waals surface area contributed by atoms with Crippen LogP contribution in [0, 0.1) is 24.1 Å². The normalized spacial score (nSPS) is 17.6. The largest absolute Gasteiger partial charge is 0.343 e. The maximum Gasteiger partial charge on any atom is 0.268 e. The van der Waals surface area contributed by atoms with Crippen molar-refractivity contribution in [1.82, 2.24) is 20.0 Å². The molecule has 1 aromatic carbocycles. The molecule has 2 amide bonds. The summed E-state index contributed by atoms with van der Waals surface area (Å²) < 4.78 is 41.5. The van der Waals surface area contributed by atoms with Crippen LogP contribution in [-0.4, -0.2) is 51.5 Å². The van der Waals surface area contributed by atoms with Crippen molar-refractivity contribution in [1.29, 1.82) is 5.26 Å². The van der Waals surface area contributed by atoms with Crippen molar-refractivity contribution in [2.24, 2.45) is 0 Å². The van der Waals surface area contributed by atoms with Gasteiger partial charge >= 0.3 is 0 Å². The zero-order chi connectivity index (χ0) is 21.9. The van der Waals surface area contributed by atoms with E-state index in [0.717, 1.165) is 10.5 Å². The Morgan fingerprint density at radius 3 is 2.70 bits per heavy atom. The second-order valence-corrected chi connectivity index (χ2v) is 7.18. The molecular formula is C20H20F3N5O2. The minimum atomic E-state index is -3.11. The van der Waals surface area contributed by atoms with E-state index < -0.39 is 43.3 Å². The number of nitrogens with zero attached hydrogens (tertiary/aromatic N) is 4. The Kier molecular flexibility index (Phi) is 6.10. The Labute approximate surface area is 171 Å². The van der Waals surface area contributed by atoms with E-state index in [9.17, 15) is 22.8 Å². The molecule has 30 heavy (non-hydrogen) atoms. The van der Waals surface area contributed by atoms with Crippen molar-refractivity contribution in [2.45, 2.75) is 38.3 Å². The Morgan fingerprint density at radius 2 is 2.03 bits per heavy atom. The first-order valence-corrected chi connectivity index (χ1v) is 9.32. The Balaban J connectivity index is 1.56. The summed E-state index contributed by atoms with van der Waals surface area (Å²) in [6, 6.07) is 6.55. The maximum atomic E-state index is 13.5. The third-order valence-corrected chi connectivity index (χ3v) is 4.87. The summed E-state index contributed by atoms with van der Waals surface area (Å²) in [5, 5.41) is 15.6. The van der Waals surface area contributed by atoms with Crippen LogP contribution in [0.4, 0.5) is 13.2 Å². The molecule has 1 aliphatic rings. The summed E-state index contributed by atoms with van der Waals surface area (Å²) in [4.78, 5) is 25.4. The lowest BCUT2D eigenvalue weighted by Gasteiger charge is -2.19. The van der Waals surface area contributed by atoms with Gasteiger partial charge in [-0.05, 0) is 31.0 Å². The standard InChI is InChI=1S/C20H20F3N5O2/c1-13-17(11-27(26-13)7-6-14-2-4-15(21)5-3-14)19(30)25-10-18(29)28-12-20(22,23)8-16(28)9-24/h2-5,11,16H,6-8,10,12H2,1H3,(H,25,30)/t16-/m0/s1. The number of aromatic nitrogens is 2. The number of benzene rings is 1. The molecule has 1 fully saturated rings. The van der Waals surface area contributed by atoms with Gasteiger partial charge in [-0.2, -0.15) is 10.4 Å². The number of hydrogen-bond donors (Lipinski definition) is 1. The second-order valence-electron chi connectivity index (χ2n) is 7.18. The van der Waals surface area contributed by atoms with Gasteiger partial charge in [0.05, 0.1) is 30.4 Å². The number of likely N-dealkylation sites (tertiary alicyclic amines) is 1. The number of aryl methyl sites for hydroxylation is 3. The summed E-state index contributed by atoms with van der Waals surface area (Å²) in [5.74, 6) is -4.73. The van der Waals surface area contributed by atoms with Crippen molar-refractivity contribution in [3.8, 4) is 6.07 Å². The van der Waals surface area contributed by atoms with Gasteiger partial charge in [-0.25, -0.2) is 13.2 Å². The van der Waals surface area contributed by atoms with Crippen molar-refractivity contribution >= 4 is 11.8 Å². The van der Waals surface area contributed by atoms with Gasteiger partial charge in [-0.1, -0.05) is 12.1 Å². The molecule has 1 saturated heterocycles. The smallest absolute Gasteiger partial charge is 0.268 e. The predicted octanol–water partition coefficient (Wildman–Crippen LogP) is 2.06. The number of carbonyl (C=O) groups is 2. The minimum Gasteiger partial charge on any atom is -0.343 e. The van der Waals surface area contributed by atoms with E-state index in [0.29, 0.717) is 18.7 Å². The van der Waals surface area contributed by atoms with Gasteiger partial charge in [0.1, 0.15) is 11.9 Å². The Bertz CT molecular complexity index is 981. The summed E-state index contributed by atoms with van der Waals surface area (Å²) >= 11 is 0. The number of alkyl halides is 2. The average molecular weight is 419 g/mol. The van der Waals surface area contributed by atoms with Crippen LogP contribution in [-0.2, 0) is 17.8 Å². The van der Waals surface area contributed by atoms with Crippen molar-refractivity contribution in [3.63, 3.8) is 0 Å². The van der Waals surface area contributed by atoms with Crippen LogP contribution in [0.1, 0.15) is 28.0 Å². The fourth-order valence-corrected chi connectivity index (χ4v) is 3.30. The van der Waals surface area contributed by atoms with Crippen LogP contribution < -0.4 is 5.32 Å². The lowest BCUT2D eigenvalue weighted by atomic mass is 10.1. The van der Waals surface area contributed by atoms with Gasteiger partial charge in [-0.3, -0.25) is 14.3 Å². The summed E-state index contributed by atoms with van der Waals surface area (Å²) in [6.45, 7) is 0.775. The van der Waals surface area contributed by atoms with Crippen molar-refractivity contribution < 1.29 is 22.8 Å². The molecule has 0 aliphatic carbocycles. The average Bonchev–Trinajstić information content (AvgIpc) is 3.24. The quantitative estimate of drug-likeness (QED) is 0.776. The highest BCUT2D eigenvalue weighted by Crippen LogP contribution is 2.31. The number of rotatable bonds is 6. The van der Waals surface area contributed by atoms with Crippen LogP contribution in [0.2, 0.25) is 0 Å². The first-order valence-electron chi connectivity index (χ1n) is 9.32. The molecule has 0 unspecified atom stereocenters. The Hall–Kier alpha value is -3.35. The van der Waals surface area contributed by atoms with Crippen molar-refractivity contribution in [2.75, 3.05) is 13.1 Å². The van der Waals surface area contributed by atoms with E-state index in [1.165, 1.54) is 18.3 Å². The first-order chi connectivity index (χ1) is 14.2. The summed E-state index contributed by atoms with van der Waals surface area (Å²) in [5.41, 5.74) is 1.61. The highest BCUT2D eigenvalue weighted by atomic mass is 19.3. The van der Waals surface area contributed by atoms with Crippen LogP contribution >= 0.6 is 0 Å². The van der Waals surface area contributed by atoms with Crippen LogP contribution in [0.15, 0.2) is 30.5 Å².